The first-order chi connectivity index (χ1) is 23.2. The van der Waals surface area contributed by atoms with Crippen LogP contribution in [-0.2, 0) is 4.79 Å². The number of pyridine rings is 2. The normalized spacial score (nSPS) is 14.8. The van der Waals surface area contributed by atoms with E-state index in [1.165, 1.54) is 26.5 Å². The minimum atomic E-state index is -1.15. The van der Waals surface area contributed by atoms with Gasteiger partial charge in [-0.25, -0.2) is 18.7 Å². The lowest BCUT2D eigenvalue weighted by Gasteiger charge is -2.35. The van der Waals surface area contributed by atoms with Crippen molar-refractivity contribution in [1.82, 2.24) is 14.9 Å². The Morgan fingerprint density at radius 2 is 1.69 bits per heavy atom. The van der Waals surface area contributed by atoms with Gasteiger partial charge in [0.2, 0.25) is 11.7 Å². The van der Waals surface area contributed by atoms with Crippen LogP contribution in [0.15, 0.2) is 55.3 Å². The van der Waals surface area contributed by atoms with Crippen molar-refractivity contribution in [2.45, 2.75) is 25.8 Å². The topological polar surface area (TPSA) is 121 Å². The second kappa shape index (κ2) is 13.8. The summed E-state index contributed by atoms with van der Waals surface area (Å²) in [5, 5.41) is 10.1. The summed E-state index contributed by atoms with van der Waals surface area (Å²) in [6, 6.07) is 10.4. The third-order valence-corrected chi connectivity index (χ3v) is 8.55. The van der Waals surface area contributed by atoms with Crippen molar-refractivity contribution >= 4 is 51.2 Å². The lowest BCUT2D eigenvalue weighted by molar-refractivity contribution is -0.111. The maximum atomic E-state index is 15.3. The Balaban J connectivity index is 1.34. The number of likely N-dealkylation sites (N-methyl/N-ethyl adjacent to an activating group) is 1. The first-order valence-electron chi connectivity index (χ1n) is 15.8. The van der Waals surface area contributed by atoms with Crippen LogP contribution in [0.5, 0.6) is 11.5 Å². The number of halogens is 2. The van der Waals surface area contributed by atoms with E-state index >= 15 is 8.78 Å². The Bertz CT molecular complexity index is 1860. The third kappa shape index (κ3) is 6.72. The van der Waals surface area contributed by atoms with Gasteiger partial charge in [0, 0.05) is 49.4 Å². The van der Waals surface area contributed by atoms with Crippen LogP contribution in [0, 0.1) is 11.6 Å². The lowest BCUT2D eigenvalue weighted by Crippen LogP contribution is -2.46. The van der Waals surface area contributed by atoms with Crippen LogP contribution in [0.3, 0.4) is 0 Å². The molecular weight excluding hydrogens is 620 g/mol. The average molecular weight is 658 g/mol. The Kier molecular flexibility index (Phi) is 9.40. The fourth-order valence-electron chi connectivity index (χ4n) is 5.67. The average Bonchev–Trinajstić information content (AvgIpc) is 3.93. The minimum absolute atomic E-state index is 0.101. The molecule has 0 radical (unpaired) electrons. The molecule has 2 aromatic carbocycles. The van der Waals surface area contributed by atoms with Gasteiger partial charge < -0.3 is 35.2 Å². The summed E-state index contributed by atoms with van der Waals surface area (Å²) >= 11 is 0. The molecule has 6 rings (SSSR count). The first kappa shape index (κ1) is 32.6. The number of carbonyl (C=O) groups is 2. The van der Waals surface area contributed by atoms with E-state index in [1.54, 1.807) is 12.1 Å². The van der Waals surface area contributed by atoms with Crippen LogP contribution in [0.25, 0.3) is 10.9 Å². The molecule has 13 heteroatoms. The van der Waals surface area contributed by atoms with Crippen LogP contribution >= 0.6 is 0 Å². The quantitative estimate of drug-likeness (QED) is 0.129. The van der Waals surface area contributed by atoms with Crippen molar-refractivity contribution in [1.29, 1.82) is 0 Å². The highest BCUT2D eigenvalue weighted by atomic mass is 19.1. The number of carbonyl (C=O) groups excluding carboxylic acids is 2. The number of amides is 1. The van der Waals surface area contributed by atoms with Gasteiger partial charge in [0.1, 0.15) is 17.1 Å². The van der Waals surface area contributed by atoms with Gasteiger partial charge in [-0.15, -0.1) is 0 Å². The fourth-order valence-corrected chi connectivity index (χ4v) is 5.67. The minimum Gasteiger partial charge on any atom is -0.494 e. The summed E-state index contributed by atoms with van der Waals surface area (Å²) < 4.78 is 40.7. The number of nitrogens with zero attached hydrogens (tertiary/aromatic N) is 4. The zero-order chi connectivity index (χ0) is 33.9. The Hall–Kier alpha value is -5.30. The highest BCUT2D eigenvalue weighted by Gasteiger charge is 2.31. The SMILES string of the molecule is C=CC(=O)Nc1cc(N2CCN(CC)CC2)ccc1Nc1cc2cc(NC3CC3)c(C(=O)c3c(F)c(OC)cc(OC)c3F)nc2cn1. The number of aromatic nitrogens is 2. The molecule has 3 N–H and O–H groups in total. The second-order valence-corrected chi connectivity index (χ2v) is 11.6. The third-order valence-electron chi connectivity index (χ3n) is 8.55. The number of nitrogens with one attached hydrogen (secondary N) is 3. The second-order valence-electron chi connectivity index (χ2n) is 11.6. The largest absolute Gasteiger partial charge is 0.494 e. The molecule has 0 spiro atoms. The standard InChI is InChI=1S/C35H37F2N7O4/c1-5-30(45)41-24-17-22(44-13-11-43(6-2)12-14-44)9-10-23(24)40-29-16-20-15-25(39-21-7-8-21)34(42-26(20)19-38-29)35(46)31-32(36)27(47-3)18-28(48-4)33(31)37/h5,9-10,15-19,21,39H,1,6-8,11-14H2,2-4H3,(H,38,40)(H,41,45). The van der Waals surface area contributed by atoms with Crippen molar-refractivity contribution in [3.8, 4) is 11.5 Å². The molecule has 2 fully saturated rings. The van der Waals surface area contributed by atoms with Crippen molar-refractivity contribution in [3.63, 3.8) is 0 Å². The number of rotatable bonds is 12. The molecule has 1 saturated heterocycles. The van der Waals surface area contributed by atoms with Gasteiger partial charge in [-0.2, -0.15) is 0 Å². The molecule has 1 aliphatic carbocycles. The Morgan fingerprint density at radius 1 is 0.979 bits per heavy atom. The van der Waals surface area contributed by atoms with E-state index in [0.717, 1.165) is 57.3 Å². The zero-order valence-corrected chi connectivity index (χ0v) is 27.0. The Morgan fingerprint density at radius 3 is 2.31 bits per heavy atom. The molecule has 4 aromatic rings. The van der Waals surface area contributed by atoms with E-state index in [0.29, 0.717) is 33.8 Å². The molecule has 48 heavy (non-hydrogen) atoms. The van der Waals surface area contributed by atoms with Crippen molar-refractivity contribution < 1.29 is 27.8 Å². The van der Waals surface area contributed by atoms with E-state index in [4.69, 9.17) is 9.47 Å². The predicted octanol–water partition coefficient (Wildman–Crippen LogP) is 5.74. The summed E-state index contributed by atoms with van der Waals surface area (Å²) in [6.45, 7) is 10.4. The summed E-state index contributed by atoms with van der Waals surface area (Å²) in [4.78, 5) is 39.8. The van der Waals surface area contributed by atoms with Gasteiger partial charge in [-0.1, -0.05) is 13.5 Å². The van der Waals surface area contributed by atoms with Crippen molar-refractivity contribution in [2.24, 2.45) is 0 Å². The number of methoxy groups -OCH3 is 2. The van der Waals surface area contributed by atoms with Gasteiger partial charge in [0.05, 0.1) is 43.0 Å². The van der Waals surface area contributed by atoms with Gasteiger partial charge in [-0.05, 0) is 55.8 Å². The maximum absolute atomic E-state index is 15.3. The van der Waals surface area contributed by atoms with Gasteiger partial charge in [0.25, 0.3) is 0 Å². The molecule has 1 amide bonds. The zero-order valence-electron chi connectivity index (χ0n) is 27.0. The van der Waals surface area contributed by atoms with E-state index in [1.807, 2.05) is 18.2 Å². The van der Waals surface area contributed by atoms with Gasteiger partial charge in [-0.3, -0.25) is 9.59 Å². The monoisotopic (exact) mass is 657 g/mol. The molecule has 2 aromatic heterocycles. The van der Waals surface area contributed by atoms with Crippen LogP contribution in [0.2, 0.25) is 0 Å². The number of piperazine rings is 1. The number of fused-ring (bicyclic) bond motifs is 1. The molecule has 2 aliphatic rings. The Labute approximate surface area is 276 Å². The lowest BCUT2D eigenvalue weighted by atomic mass is 10.0. The van der Waals surface area contributed by atoms with Gasteiger partial charge in [0.15, 0.2) is 23.1 Å². The molecule has 11 nitrogen and oxygen atoms in total. The van der Waals surface area contributed by atoms with Crippen molar-refractivity contribution in [2.75, 3.05) is 67.8 Å². The summed E-state index contributed by atoms with van der Waals surface area (Å²) in [6.07, 6.45) is 4.45. The van der Waals surface area contributed by atoms with E-state index < -0.39 is 23.0 Å². The number of hydrogen-bond acceptors (Lipinski definition) is 10. The molecule has 0 unspecified atom stereocenters. The first-order valence-corrected chi connectivity index (χ1v) is 15.8. The van der Waals surface area contributed by atoms with E-state index in [2.05, 4.69) is 49.2 Å². The maximum Gasteiger partial charge on any atom is 0.247 e. The summed E-state index contributed by atoms with van der Waals surface area (Å²) in [5.41, 5.74) is 1.85. The molecule has 1 aliphatic heterocycles. The number of anilines is 5. The highest BCUT2D eigenvalue weighted by molar-refractivity contribution is 6.13. The molecular formula is C35H37F2N7O4. The van der Waals surface area contributed by atoms with Gasteiger partial charge >= 0.3 is 0 Å². The summed E-state index contributed by atoms with van der Waals surface area (Å²) in [7, 11) is 2.43. The van der Waals surface area contributed by atoms with Crippen LogP contribution in [0.4, 0.5) is 37.3 Å². The molecule has 3 heterocycles. The number of benzene rings is 2. The molecule has 1 saturated carbocycles. The summed E-state index contributed by atoms with van der Waals surface area (Å²) in [5.74, 6) is -3.82. The number of hydrogen-bond donors (Lipinski definition) is 3. The smallest absolute Gasteiger partial charge is 0.247 e. The van der Waals surface area contributed by atoms with Crippen LogP contribution in [0.1, 0.15) is 35.8 Å². The van der Waals surface area contributed by atoms with Crippen LogP contribution in [-0.4, -0.2) is 79.5 Å². The molecule has 250 valence electrons. The number of ether oxygens (including phenoxy) is 2. The van der Waals surface area contributed by atoms with E-state index in [-0.39, 0.29) is 29.1 Å². The molecule has 0 atom stereocenters. The molecule has 0 bridgehead atoms. The fraction of sp³-hybridized carbons (Fsp3) is 0.314. The highest BCUT2D eigenvalue weighted by Crippen LogP contribution is 2.36. The predicted molar refractivity (Wildman–Crippen MR) is 182 cm³/mol. The van der Waals surface area contributed by atoms with E-state index in [9.17, 15) is 9.59 Å². The van der Waals surface area contributed by atoms with Crippen LogP contribution < -0.4 is 30.3 Å². The number of ketones is 1. The van der Waals surface area contributed by atoms with Crippen molar-refractivity contribution in [3.05, 3.63) is 78.1 Å².